The Morgan fingerprint density at radius 3 is 2.44 bits per heavy atom. The number of ketones is 1. The van der Waals surface area contributed by atoms with Gasteiger partial charge in [-0.3, -0.25) is 0 Å². The molecule has 0 fully saturated rings. The maximum Gasteiger partial charge on any atom is 0.129 e. The van der Waals surface area contributed by atoms with Gasteiger partial charge in [-0.05, 0) is 56.2 Å². The molecule has 1 aromatic rings. The van der Waals surface area contributed by atoms with Crippen molar-refractivity contribution in [3.63, 3.8) is 0 Å². The van der Waals surface area contributed by atoms with Gasteiger partial charge in [0.05, 0.1) is 0 Å². The van der Waals surface area contributed by atoms with Gasteiger partial charge in [-0.1, -0.05) is 25.1 Å². The molecule has 0 saturated carbocycles. The smallest absolute Gasteiger partial charge is 0.129 e. The van der Waals surface area contributed by atoms with Crippen LogP contribution in [0.3, 0.4) is 0 Å². The average Bonchev–Trinajstić information content (AvgIpc) is 2.23. The minimum atomic E-state index is 0.294. The minimum Gasteiger partial charge on any atom is -0.300 e. The number of carbonyl (C=O) groups is 1. The normalized spacial score (nSPS) is 12.5. The maximum absolute atomic E-state index is 11.0. The Bertz CT molecular complexity index is 366. The van der Waals surface area contributed by atoms with Gasteiger partial charge in [0.15, 0.2) is 0 Å². The first kappa shape index (κ1) is 13.0. The van der Waals surface area contributed by atoms with Crippen molar-refractivity contribution in [2.45, 2.75) is 52.9 Å². The molecule has 1 heteroatoms. The van der Waals surface area contributed by atoms with E-state index in [1.54, 1.807) is 6.92 Å². The van der Waals surface area contributed by atoms with Gasteiger partial charge in [-0.15, -0.1) is 0 Å². The lowest BCUT2D eigenvalue weighted by atomic mass is 9.89. The van der Waals surface area contributed by atoms with E-state index in [0.717, 1.165) is 12.8 Å². The molecule has 1 aromatic carbocycles. The van der Waals surface area contributed by atoms with Crippen LogP contribution in [-0.4, -0.2) is 5.78 Å². The molecule has 0 aliphatic heterocycles. The number of hydrogen-bond acceptors (Lipinski definition) is 1. The molecule has 1 rings (SSSR count). The van der Waals surface area contributed by atoms with E-state index in [0.29, 0.717) is 18.1 Å². The second-order valence-electron chi connectivity index (χ2n) is 4.69. The summed E-state index contributed by atoms with van der Waals surface area (Å²) in [5, 5.41) is 0. The van der Waals surface area contributed by atoms with Crippen LogP contribution in [0.15, 0.2) is 18.2 Å². The van der Waals surface area contributed by atoms with Crippen LogP contribution >= 0.6 is 0 Å². The fourth-order valence-electron chi connectivity index (χ4n) is 2.00. The summed E-state index contributed by atoms with van der Waals surface area (Å²) in [5.41, 5.74) is 4.07. The van der Waals surface area contributed by atoms with Gasteiger partial charge in [-0.2, -0.15) is 0 Å². The molecule has 88 valence electrons. The Morgan fingerprint density at radius 1 is 1.25 bits per heavy atom. The van der Waals surface area contributed by atoms with Crippen molar-refractivity contribution in [2.24, 2.45) is 0 Å². The zero-order valence-electron chi connectivity index (χ0n) is 10.8. The van der Waals surface area contributed by atoms with Crippen LogP contribution in [0, 0.1) is 13.8 Å². The molecule has 0 spiro atoms. The van der Waals surface area contributed by atoms with Gasteiger partial charge >= 0.3 is 0 Å². The van der Waals surface area contributed by atoms with Crippen molar-refractivity contribution >= 4 is 5.78 Å². The highest BCUT2D eigenvalue weighted by atomic mass is 16.1. The van der Waals surface area contributed by atoms with Crippen molar-refractivity contribution < 1.29 is 4.79 Å². The van der Waals surface area contributed by atoms with Gasteiger partial charge in [0.25, 0.3) is 0 Å². The highest BCUT2D eigenvalue weighted by Gasteiger charge is 2.10. The number of Topliss-reactive ketones (excluding diaryl/α,β-unsaturated/α-hetero) is 1. The average molecular weight is 218 g/mol. The van der Waals surface area contributed by atoms with E-state index in [2.05, 4.69) is 39.0 Å². The fraction of sp³-hybridized carbons (Fsp3) is 0.533. The molecule has 16 heavy (non-hydrogen) atoms. The van der Waals surface area contributed by atoms with Crippen molar-refractivity contribution in [1.29, 1.82) is 0 Å². The number of benzene rings is 1. The minimum absolute atomic E-state index is 0.294. The van der Waals surface area contributed by atoms with Gasteiger partial charge in [0.2, 0.25) is 0 Å². The van der Waals surface area contributed by atoms with E-state index in [-0.39, 0.29) is 0 Å². The molecule has 1 nitrogen and oxygen atoms in total. The topological polar surface area (TPSA) is 17.1 Å². The molecule has 0 bridgehead atoms. The lowest BCUT2D eigenvalue weighted by molar-refractivity contribution is -0.117. The Hall–Kier alpha value is -1.11. The van der Waals surface area contributed by atoms with Crippen LogP contribution < -0.4 is 0 Å². The van der Waals surface area contributed by atoms with Crippen molar-refractivity contribution in [1.82, 2.24) is 0 Å². The molecule has 1 unspecified atom stereocenters. The van der Waals surface area contributed by atoms with Crippen LogP contribution in [0.1, 0.15) is 55.7 Å². The highest BCUT2D eigenvalue weighted by Crippen LogP contribution is 2.26. The summed E-state index contributed by atoms with van der Waals surface area (Å²) in [6.45, 7) is 8.15. The van der Waals surface area contributed by atoms with Crippen molar-refractivity contribution in [3.05, 3.63) is 34.9 Å². The lowest BCUT2D eigenvalue weighted by Crippen LogP contribution is -2.01. The zero-order chi connectivity index (χ0) is 12.1. The molecule has 0 aliphatic rings. The van der Waals surface area contributed by atoms with Gasteiger partial charge < -0.3 is 4.79 Å². The van der Waals surface area contributed by atoms with E-state index in [4.69, 9.17) is 0 Å². The summed E-state index contributed by atoms with van der Waals surface area (Å²) < 4.78 is 0. The fourth-order valence-corrected chi connectivity index (χ4v) is 2.00. The van der Waals surface area contributed by atoms with Crippen LogP contribution in [0.5, 0.6) is 0 Å². The van der Waals surface area contributed by atoms with Gasteiger partial charge in [0, 0.05) is 6.42 Å². The van der Waals surface area contributed by atoms with Gasteiger partial charge in [-0.25, -0.2) is 0 Å². The Balaban J connectivity index is 2.78. The third-order valence-electron chi connectivity index (χ3n) is 3.34. The lowest BCUT2D eigenvalue weighted by Gasteiger charge is -2.16. The third-order valence-corrected chi connectivity index (χ3v) is 3.34. The summed E-state index contributed by atoms with van der Waals surface area (Å²) in [7, 11) is 0. The summed E-state index contributed by atoms with van der Waals surface area (Å²) >= 11 is 0. The highest BCUT2D eigenvalue weighted by molar-refractivity contribution is 5.75. The second kappa shape index (κ2) is 5.83. The van der Waals surface area contributed by atoms with Crippen LogP contribution in [0.4, 0.5) is 0 Å². The SMILES string of the molecule is CCC(CCC(C)=O)c1ccc(C)c(C)c1. The Kier molecular flexibility index (Phi) is 4.72. The van der Waals surface area contributed by atoms with E-state index in [1.807, 2.05) is 0 Å². The molecular formula is C15H22O. The predicted octanol–water partition coefficient (Wildman–Crippen LogP) is 4.17. The first-order chi connectivity index (χ1) is 7.54. The monoisotopic (exact) mass is 218 g/mol. The molecule has 0 aromatic heterocycles. The number of rotatable bonds is 5. The molecule has 0 heterocycles. The van der Waals surface area contributed by atoms with E-state index in [1.165, 1.54) is 16.7 Å². The summed E-state index contributed by atoms with van der Waals surface area (Å²) in [5.74, 6) is 0.825. The third kappa shape index (κ3) is 3.48. The molecular weight excluding hydrogens is 196 g/mol. The zero-order valence-corrected chi connectivity index (χ0v) is 10.8. The Morgan fingerprint density at radius 2 is 1.94 bits per heavy atom. The second-order valence-corrected chi connectivity index (χ2v) is 4.69. The molecule has 0 amide bonds. The molecule has 1 atom stereocenters. The first-order valence-electron chi connectivity index (χ1n) is 6.11. The van der Waals surface area contributed by atoms with Crippen LogP contribution in [-0.2, 0) is 4.79 Å². The van der Waals surface area contributed by atoms with E-state index in [9.17, 15) is 4.79 Å². The molecule has 0 saturated heterocycles. The first-order valence-corrected chi connectivity index (χ1v) is 6.11. The van der Waals surface area contributed by atoms with Crippen LogP contribution in [0.25, 0.3) is 0 Å². The summed E-state index contributed by atoms with van der Waals surface area (Å²) in [6.07, 6.45) is 2.79. The summed E-state index contributed by atoms with van der Waals surface area (Å²) in [4.78, 5) is 11.0. The standard InChI is InChI=1S/C15H22O/c1-5-14(9-7-13(4)16)15-8-6-11(2)12(3)10-15/h6,8,10,14H,5,7,9H2,1-4H3. The molecule has 0 N–H and O–H groups in total. The van der Waals surface area contributed by atoms with Crippen molar-refractivity contribution in [3.8, 4) is 0 Å². The molecule has 0 aliphatic carbocycles. The van der Waals surface area contributed by atoms with E-state index >= 15 is 0 Å². The largest absolute Gasteiger partial charge is 0.300 e. The quantitative estimate of drug-likeness (QED) is 0.725. The van der Waals surface area contributed by atoms with Gasteiger partial charge in [0.1, 0.15) is 5.78 Å². The number of carbonyl (C=O) groups excluding carboxylic acids is 1. The van der Waals surface area contributed by atoms with Crippen LogP contribution in [0.2, 0.25) is 0 Å². The molecule has 0 radical (unpaired) electrons. The van der Waals surface area contributed by atoms with E-state index < -0.39 is 0 Å². The predicted molar refractivity (Wildman–Crippen MR) is 68.9 cm³/mol. The number of aryl methyl sites for hydroxylation is 2. The van der Waals surface area contributed by atoms with Crippen molar-refractivity contribution in [2.75, 3.05) is 0 Å². The summed E-state index contributed by atoms with van der Waals surface area (Å²) in [6, 6.07) is 6.65. The maximum atomic E-state index is 11.0. The number of hydrogen-bond donors (Lipinski definition) is 0. The Labute approximate surface area is 98.9 Å².